The van der Waals surface area contributed by atoms with E-state index in [2.05, 4.69) is 21.3 Å². The number of nitrogens with zero attached hydrogens (tertiary/aromatic N) is 1. The Morgan fingerprint density at radius 1 is 0.654 bits per heavy atom. The highest BCUT2D eigenvalue weighted by molar-refractivity contribution is 5.70. The zero-order chi connectivity index (χ0) is 20.1. The van der Waals surface area contributed by atoms with E-state index < -0.39 is 36.2 Å². The molecule has 0 fully saturated rings. The van der Waals surface area contributed by atoms with Gasteiger partial charge in [0, 0.05) is 13.1 Å². The van der Waals surface area contributed by atoms with Crippen LogP contribution in [-0.2, 0) is 19.2 Å². The van der Waals surface area contributed by atoms with E-state index in [1.807, 2.05) is 0 Å². The van der Waals surface area contributed by atoms with Gasteiger partial charge in [-0.2, -0.15) is 0 Å². The third kappa shape index (κ3) is 14.1. The number of hydrogen-bond donors (Lipinski definition) is 8. The van der Waals surface area contributed by atoms with Crippen molar-refractivity contribution in [3.63, 3.8) is 0 Å². The summed E-state index contributed by atoms with van der Waals surface area (Å²) in [6.07, 6.45) is -1.32. The normalized spacial score (nSPS) is 11.2. The molecule has 13 heteroatoms. The van der Waals surface area contributed by atoms with Gasteiger partial charge < -0.3 is 25.3 Å². The van der Waals surface area contributed by atoms with Gasteiger partial charge in [0.2, 0.25) is 0 Å². The number of rotatable bonds is 16. The minimum absolute atomic E-state index is 0.181. The minimum Gasteiger partial charge on any atom is -0.480 e. The highest BCUT2D eigenvalue weighted by atomic mass is 16.4. The molecule has 0 radical (unpaired) electrons. The lowest BCUT2D eigenvalue weighted by Gasteiger charge is -2.29. The Morgan fingerprint density at radius 3 is 1.08 bits per heavy atom. The Kier molecular flexibility index (Phi) is 11.8. The number of carboxylic acids is 4. The molecule has 0 unspecified atom stereocenters. The lowest BCUT2D eigenvalue weighted by molar-refractivity contribution is -0.137. The maximum absolute atomic E-state index is 10.7. The molecule has 0 atom stereocenters. The summed E-state index contributed by atoms with van der Waals surface area (Å²) in [5, 5.41) is 45.4. The fraction of sp³-hybridized carbons (Fsp3) is 0.692. The van der Waals surface area contributed by atoms with Crippen LogP contribution in [0.2, 0.25) is 0 Å². The molecule has 0 aromatic heterocycles. The molecule has 0 aromatic carbocycles. The fourth-order valence-corrected chi connectivity index (χ4v) is 1.94. The Bertz CT molecular complexity index is 411. The van der Waals surface area contributed by atoms with Gasteiger partial charge in [-0.05, 0) is 7.05 Å². The van der Waals surface area contributed by atoms with Crippen molar-refractivity contribution < 1.29 is 39.6 Å². The van der Waals surface area contributed by atoms with Crippen LogP contribution in [0, 0.1) is 0 Å². The Morgan fingerprint density at radius 2 is 0.885 bits per heavy atom. The molecule has 26 heavy (non-hydrogen) atoms. The minimum atomic E-state index is -1.11. The van der Waals surface area contributed by atoms with Gasteiger partial charge in [-0.25, -0.2) is 0 Å². The van der Waals surface area contributed by atoms with Crippen molar-refractivity contribution >= 4 is 23.9 Å². The monoisotopic (exact) mass is 379 g/mol. The second kappa shape index (κ2) is 13.0. The van der Waals surface area contributed by atoms with Gasteiger partial charge >= 0.3 is 23.9 Å². The highest BCUT2D eigenvalue weighted by Crippen LogP contribution is 1.91. The maximum atomic E-state index is 10.7. The van der Waals surface area contributed by atoms with Crippen LogP contribution >= 0.6 is 0 Å². The first-order valence-corrected chi connectivity index (χ1v) is 7.59. The molecule has 0 rings (SSSR count). The SMILES string of the molecule is CN(CC(NCC(=O)O)NCC(=O)O)CC(NCC(=O)O)NCC(=O)O. The van der Waals surface area contributed by atoms with Crippen molar-refractivity contribution in [2.24, 2.45) is 0 Å². The van der Waals surface area contributed by atoms with Gasteiger partial charge in [-0.1, -0.05) is 0 Å². The Balaban J connectivity index is 4.66. The van der Waals surface area contributed by atoms with Gasteiger partial charge in [0.05, 0.1) is 38.5 Å². The van der Waals surface area contributed by atoms with E-state index >= 15 is 0 Å². The van der Waals surface area contributed by atoms with Crippen molar-refractivity contribution in [2.75, 3.05) is 46.3 Å². The molecular formula is C13H25N5O8. The number of carboxylic acid groups (broad SMARTS) is 4. The maximum Gasteiger partial charge on any atom is 0.317 e. The van der Waals surface area contributed by atoms with Gasteiger partial charge in [0.1, 0.15) is 0 Å². The van der Waals surface area contributed by atoms with E-state index in [9.17, 15) is 19.2 Å². The van der Waals surface area contributed by atoms with Crippen molar-refractivity contribution in [1.82, 2.24) is 26.2 Å². The second-order valence-corrected chi connectivity index (χ2v) is 5.42. The number of aliphatic carboxylic acids is 4. The summed E-state index contributed by atoms with van der Waals surface area (Å²) in [5.74, 6) is -4.45. The van der Waals surface area contributed by atoms with Gasteiger partial charge in [0.25, 0.3) is 0 Å². The second-order valence-electron chi connectivity index (χ2n) is 5.42. The molecule has 0 aromatic rings. The zero-order valence-corrected chi connectivity index (χ0v) is 14.3. The summed E-state index contributed by atoms with van der Waals surface area (Å²) in [6.45, 7) is -1.18. The summed E-state index contributed by atoms with van der Waals surface area (Å²) >= 11 is 0. The quantitative estimate of drug-likeness (QED) is 0.122. The molecule has 150 valence electrons. The van der Waals surface area contributed by atoms with Crippen LogP contribution in [0.5, 0.6) is 0 Å². The zero-order valence-electron chi connectivity index (χ0n) is 14.3. The van der Waals surface area contributed by atoms with Crippen LogP contribution in [0.25, 0.3) is 0 Å². The van der Waals surface area contributed by atoms with E-state index in [1.54, 1.807) is 11.9 Å². The average Bonchev–Trinajstić information content (AvgIpc) is 2.52. The molecule has 0 saturated carbocycles. The van der Waals surface area contributed by atoms with Gasteiger partial charge in [0.15, 0.2) is 0 Å². The molecule has 0 saturated heterocycles. The first kappa shape index (κ1) is 23.7. The van der Waals surface area contributed by atoms with Crippen molar-refractivity contribution in [2.45, 2.75) is 12.3 Å². The van der Waals surface area contributed by atoms with Crippen LogP contribution in [0.1, 0.15) is 0 Å². The largest absolute Gasteiger partial charge is 0.480 e. The number of nitrogens with one attached hydrogen (secondary N) is 4. The van der Waals surface area contributed by atoms with E-state index in [-0.39, 0.29) is 39.3 Å². The lowest BCUT2D eigenvalue weighted by Crippen LogP contribution is -2.56. The summed E-state index contributed by atoms with van der Waals surface area (Å²) in [5.41, 5.74) is 0. The number of likely N-dealkylation sites (N-methyl/N-ethyl adjacent to an activating group) is 1. The van der Waals surface area contributed by atoms with E-state index in [0.29, 0.717) is 0 Å². The number of hydrogen-bond acceptors (Lipinski definition) is 9. The van der Waals surface area contributed by atoms with E-state index in [4.69, 9.17) is 20.4 Å². The third-order valence-electron chi connectivity index (χ3n) is 2.99. The predicted octanol–water partition coefficient (Wildman–Crippen LogP) is -3.73. The van der Waals surface area contributed by atoms with E-state index in [0.717, 1.165) is 0 Å². The molecule has 0 aliphatic heterocycles. The number of carbonyl (C=O) groups is 4. The van der Waals surface area contributed by atoms with E-state index in [1.165, 1.54) is 0 Å². The molecule has 8 N–H and O–H groups in total. The standard InChI is InChI=1S/C13H25N5O8/c1-18(6-8(14-2-10(19)20)15-3-11(21)22)7-9(16-4-12(23)24)17-5-13(25)26/h8-9,14-17H,2-7H2,1H3,(H,19,20)(H,21,22)(H,23,24)(H,25,26). The molecular weight excluding hydrogens is 354 g/mol. The van der Waals surface area contributed by atoms with Crippen molar-refractivity contribution in [1.29, 1.82) is 0 Å². The van der Waals surface area contributed by atoms with Crippen molar-refractivity contribution in [3.05, 3.63) is 0 Å². The van der Waals surface area contributed by atoms with Crippen LogP contribution in [0.4, 0.5) is 0 Å². The summed E-state index contributed by atoms with van der Waals surface area (Å²) in [7, 11) is 1.63. The summed E-state index contributed by atoms with van der Waals surface area (Å²) in [4.78, 5) is 44.3. The van der Waals surface area contributed by atoms with Crippen molar-refractivity contribution in [3.8, 4) is 0 Å². The average molecular weight is 379 g/mol. The first-order chi connectivity index (χ1) is 12.1. The predicted molar refractivity (Wildman–Crippen MR) is 87.6 cm³/mol. The first-order valence-electron chi connectivity index (χ1n) is 7.59. The smallest absolute Gasteiger partial charge is 0.317 e. The molecule has 0 heterocycles. The van der Waals surface area contributed by atoms with Crippen LogP contribution in [-0.4, -0.2) is 108 Å². The molecule has 0 aliphatic carbocycles. The van der Waals surface area contributed by atoms with Crippen LogP contribution in [0.15, 0.2) is 0 Å². The van der Waals surface area contributed by atoms with Crippen LogP contribution in [0.3, 0.4) is 0 Å². The third-order valence-corrected chi connectivity index (χ3v) is 2.99. The van der Waals surface area contributed by atoms with Crippen LogP contribution < -0.4 is 21.3 Å². The molecule has 13 nitrogen and oxygen atoms in total. The molecule has 0 bridgehead atoms. The Labute approximate surface area is 149 Å². The molecule has 0 amide bonds. The molecule has 0 spiro atoms. The Hall–Kier alpha value is -2.32. The fourth-order valence-electron chi connectivity index (χ4n) is 1.94. The topological polar surface area (TPSA) is 201 Å². The summed E-state index contributed by atoms with van der Waals surface area (Å²) in [6, 6.07) is 0. The highest BCUT2D eigenvalue weighted by Gasteiger charge is 2.17. The molecule has 0 aliphatic rings. The summed E-state index contributed by atoms with van der Waals surface area (Å²) < 4.78 is 0. The van der Waals surface area contributed by atoms with Gasteiger partial charge in [-0.15, -0.1) is 0 Å². The van der Waals surface area contributed by atoms with Gasteiger partial charge in [-0.3, -0.25) is 40.4 Å². The lowest BCUT2D eigenvalue weighted by atomic mass is 10.3.